The first-order valence-corrected chi connectivity index (χ1v) is 7.04. The van der Waals surface area contributed by atoms with E-state index in [1.165, 1.54) is 12.1 Å². The number of carbonyl (C=O) groups is 1. The van der Waals surface area contributed by atoms with E-state index in [1.54, 1.807) is 12.1 Å². The number of hydrogen-bond acceptors (Lipinski definition) is 2. The summed E-state index contributed by atoms with van der Waals surface area (Å²) >= 11 is 0. The Morgan fingerprint density at radius 1 is 1.30 bits per heavy atom. The zero-order valence-electron chi connectivity index (χ0n) is 12.1. The van der Waals surface area contributed by atoms with E-state index in [0.717, 1.165) is 19.3 Å². The van der Waals surface area contributed by atoms with Gasteiger partial charge in [-0.15, -0.1) is 0 Å². The van der Waals surface area contributed by atoms with Gasteiger partial charge in [0.1, 0.15) is 11.6 Å². The van der Waals surface area contributed by atoms with Gasteiger partial charge < -0.3 is 15.4 Å². The van der Waals surface area contributed by atoms with E-state index < -0.39 is 0 Å². The summed E-state index contributed by atoms with van der Waals surface area (Å²) in [4.78, 5) is 11.4. The van der Waals surface area contributed by atoms with Crippen molar-refractivity contribution >= 4 is 6.03 Å². The third-order valence-corrected chi connectivity index (χ3v) is 2.93. The van der Waals surface area contributed by atoms with Crippen LogP contribution < -0.4 is 15.4 Å². The number of halogens is 1. The lowest BCUT2D eigenvalue weighted by Gasteiger charge is -2.12. The van der Waals surface area contributed by atoms with E-state index in [0.29, 0.717) is 18.9 Å². The molecule has 0 bridgehead atoms. The third kappa shape index (κ3) is 6.97. The number of rotatable bonds is 8. The molecule has 2 amide bonds. The Hall–Kier alpha value is -1.78. The van der Waals surface area contributed by atoms with Crippen LogP contribution in [0.15, 0.2) is 24.3 Å². The fraction of sp³-hybridized carbons (Fsp3) is 0.533. The molecule has 0 heterocycles. The Labute approximate surface area is 119 Å². The molecule has 1 unspecified atom stereocenters. The minimum Gasteiger partial charge on any atom is -0.494 e. The number of benzene rings is 1. The highest BCUT2D eigenvalue weighted by Crippen LogP contribution is 2.11. The van der Waals surface area contributed by atoms with Gasteiger partial charge in [0, 0.05) is 12.6 Å². The Balaban J connectivity index is 2.02. The molecule has 0 saturated heterocycles. The highest BCUT2D eigenvalue weighted by Gasteiger charge is 2.03. The first-order chi connectivity index (χ1) is 9.61. The second-order valence-corrected chi connectivity index (χ2v) is 4.72. The zero-order valence-corrected chi connectivity index (χ0v) is 12.1. The van der Waals surface area contributed by atoms with Crippen molar-refractivity contribution in [2.24, 2.45) is 0 Å². The summed E-state index contributed by atoms with van der Waals surface area (Å²) in [5, 5.41) is 5.63. The largest absolute Gasteiger partial charge is 0.494 e. The molecule has 2 N–H and O–H groups in total. The van der Waals surface area contributed by atoms with E-state index in [4.69, 9.17) is 4.74 Å². The van der Waals surface area contributed by atoms with Crippen LogP contribution in [0.4, 0.5) is 9.18 Å². The summed E-state index contributed by atoms with van der Waals surface area (Å²) in [5.41, 5.74) is 0. The van der Waals surface area contributed by atoms with Crippen LogP contribution in [-0.2, 0) is 0 Å². The summed E-state index contributed by atoms with van der Waals surface area (Å²) < 4.78 is 18.1. The second-order valence-electron chi connectivity index (χ2n) is 4.72. The normalized spacial score (nSPS) is 11.8. The Bertz CT molecular complexity index is 395. The second kappa shape index (κ2) is 9.18. The van der Waals surface area contributed by atoms with Gasteiger partial charge in [-0.2, -0.15) is 0 Å². The minimum atomic E-state index is -0.270. The van der Waals surface area contributed by atoms with Crippen molar-refractivity contribution in [2.75, 3.05) is 13.2 Å². The fourth-order valence-corrected chi connectivity index (χ4v) is 1.53. The molecule has 0 aliphatic heterocycles. The molecule has 0 aliphatic rings. The molecule has 0 radical (unpaired) electrons. The molecular formula is C15H23FN2O2. The number of ether oxygens (including phenoxy) is 1. The predicted octanol–water partition coefficient (Wildman–Crippen LogP) is 3.08. The van der Waals surface area contributed by atoms with Crippen molar-refractivity contribution in [1.82, 2.24) is 10.6 Å². The Morgan fingerprint density at radius 2 is 2.00 bits per heavy atom. The van der Waals surface area contributed by atoms with Crippen LogP contribution in [0.1, 0.15) is 33.1 Å². The molecule has 1 atom stereocenters. The van der Waals surface area contributed by atoms with Crippen LogP contribution in [0.25, 0.3) is 0 Å². The SMILES string of the molecule is CCC(C)NC(=O)NCCCCOc1ccc(F)cc1. The van der Waals surface area contributed by atoms with Gasteiger partial charge in [-0.1, -0.05) is 6.92 Å². The van der Waals surface area contributed by atoms with Crippen LogP contribution in [0.2, 0.25) is 0 Å². The lowest BCUT2D eigenvalue weighted by atomic mass is 10.3. The lowest BCUT2D eigenvalue weighted by molar-refractivity contribution is 0.236. The van der Waals surface area contributed by atoms with Crippen molar-refractivity contribution in [3.05, 3.63) is 30.1 Å². The molecule has 0 aromatic heterocycles. The topological polar surface area (TPSA) is 50.4 Å². The zero-order chi connectivity index (χ0) is 14.8. The van der Waals surface area contributed by atoms with Crippen LogP contribution in [0.3, 0.4) is 0 Å². The molecule has 1 aromatic rings. The summed E-state index contributed by atoms with van der Waals surface area (Å²) in [6, 6.07) is 6.02. The number of urea groups is 1. The fourth-order valence-electron chi connectivity index (χ4n) is 1.53. The molecule has 0 saturated carbocycles. The van der Waals surface area contributed by atoms with Crippen molar-refractivity contribution < 1.29 is 13.9 Å². The lowest BCUT2D eigenvalue weighted by Crippen LogP contribution is -2.40. The molecule has 0 spiro atoms. The number of nitrogens with one attached hydrogen (secondary N) is 2. The van der Waals surface area contributed by atoms with Crippen LogP contribution in [0.5, 0.6) is 5.75 Å². The summed E-state index contributed by atoms with van der Waals surface area (Å²) in [6.07, 6.45) is 2.59. The Kier molecular flexibility index (Phi) is 7.47. The van der Waals surface area contributed by atoms with E-state index in [-0.39, 0.29) is 17.9 Å². The average molecular weight is 282 g/mol. The standard InChI is InChI=1S/C15H23FN2O2/c1-3-12(2)18-15(19)17-10-4-5-11-20-14-8-6-13(16)7-9-14/h6-9,12H,3-5,10-11H2,1-2H3,(H2,17,18,19). The monoisotopic (exact) mass is 282 g/mol. The van der Waals surface area contributed by atoms with Gasteiger partial charge in [0.05, 0.1) is 6.61 Å². The predicted molar refractivity (Wildman–Crippen MR) is 77.4 cm³/mol. The number of hydrogen-bond donors (Lipinski definition) is 2. The molecule has 0 fully saturated rings. The quantitative estimate of drug-likeness (QED) is 0.720. The van der Waals surface area contributed by atoms with Gasteiger partial charge in [-0.25, -0.2) is 9.18 Å². The van der Waals surface area contributed by atoms with Crippen molar-refractivity contribution in [3.63, 3.8) is 0 Å². The van der Waals surface area contributed by atoms with Gasteiger partial charge in [-0.05, 0) is 50.5 Å². The molecule has 112 valence electrons. The van der Waals surface area contributed by atoms with E-state index in [9.17, 15) is 9.18 Å². The molecular weight excluding hydrogens is 259 g/mol. The highest BCUT2D eigenvalue weighted by molar-refractivity contribution is 5.74. The van der Waals surface area contributed by atoms with Gasteiger partial charge in [-0.3, -0.25) is 0 Å². The first kappa shape index (κ1) is 16.3. The maximum absolute atomic E-state index is 12.7. The van der Waals surface area contributed by atoms with E-state index in [1.807, 2.05) is 13.8 Å². The van der Waals surface area contributed by atoms with Gasteiger partial charge in [0.2, 0.25) is 0 Å². The maximum Gasteiger partial charge on any atom is 0.314 e. The van der Waals surface area contributed by atoms with Crippen molar-refractivity contribution in [3.8, 4) is 5.75 Å². The smallest absolute Gasteiger partial charge is 0.314 e. The third-order valence-electron chi connectivity index (χ3n) is 2.93. The molecule has 1 aromatic carbocycles. The maximum atomic E-state index is 12.7. The number of amides is 2. The average Bonchev–Trinajstić information content (AvgIpc) is 2.44. The molecule has 0 aliphatic carbocycles. The van der Waals surface area contributed by atoms with E-state index in [2.05, 4.69) is 10.6 Å². The van der Waals surface area contributed by atoms with Gasteiger partial charge in [0.15, 0.2) is 0 Å². The summed E-state index contributed by atoms with van der Waals surface area (Å²) in [7, 11) is 0. The molecule has 5 heteroatoms. The van der Waals surface area contributed by atoms with Crippen LogP contribution in [-0.4, -0.2) is 25.2 Å². The first-order valence-electron chi connectivity index (χ1n) is 7.04. The highest BCUT2D eigenvalue weighted by atomic mass is 19.1. The number of unbranched alkanes of at least 4 members (excludes halogenated alkanes) is 1. The number of carbonyl (C=O) groups excluding carboxylic acids is 1. The van der Waals surface area contributed by atoms with Gasteiger partial charge in [0.25, 0.3) is 0 Å². The Morgan fingerprint density at radius 3 is 2.65 bits per heavy atom. The van der Waals surface area contributed by atoms with Crippen molar-refractivity contribution in [1.29, 1.82) is 0 Å². The molecule has 4 nitrogen and oxygen atoms in total. The van der Waals surface area contributed by atoms with E-state index >= 15 is 0 Å². The van der Waals surface area contributed by atoms with Gasteiger partial charge >= 0.3 is 6.03 Å². The van der Waals surface area contributed by atoms with Crippen LogP contribution >= 0.6 is 0 Å². The summed E-state index contributed by atoms with van der Waals surface area (Å²) in [5.74, 6) is 0.391. The molecule has 1 rings (SSSR count). The van der Waals surface area contributed by atoms with Crippen molar-refractivity contribution in [2.45, 2.75) is 39.2 Å². The minimum absolute atomic E-state index is 0.126. The summed E-state index contributed by atoms with van der Waals surface area (Å²) in [6.45, 7) is 5.17. The van der Waals surface area contributed by atoms with Crippen LogP contribution in [0, 0.1) is 5.82 Å². The molecule has 20 heavy (non-hydrogen) atoms.